The highest BCUT2D eigenvalue weighted by Crippen LogP contribution is 2.29. The molecule has 0 spiro atoms. The number of thioether (sulfide) groups is 1. The molecule has 18 heavy (non-hydrogen) atoms. The first-order valence-electron chi connectivity index (χ1n) is 5.74. The second-order valence-corrected chi connectivity index (χ2v) is 5.20. The van der Waals surface area contributed by atoms with E-state index in [9.17, 15) is 13.2 Å². The molecule has 0 aliphatic heterocycles. The van der Waals surface area contributed by atoms with Crippen molar-refractivity contribution in [1.82, 2.24) is 5.32 Å². The second-order valence-electron chi connectivity index (χ2n) is 4.04. The van der Waals surface area contributed by atoms with Gasteiger partial charge in [-0.15, -0.1) is 24.0 Å². The molecule has 3 N–H and O–H groups in total. The Hall–Kier alpha value is 0.140. The van der Waals surface area contributed by atoms with Crippen LogP contribution in [-0.2, 0) is 0 Å². The molecule has 1 aliphatic rings. The van der Waals surface area contributed by atoms with Crippen molar-refractivity contribution in [3.8, 4) is 0 Å². The van der Waals surface area contributed by atoms with E-state index in [2.05, 4.69) is 10.3 Å². The minimum atomic E-state index is -4.18. The molecule has 1 rings (SSSR count). The van der Waals surface area contributed by atoms with Gasteiger partial charge in [-0.05, 0) is 24.6 Å². The number of nitrogens with zero attached hydrogens (tertiary/aromatic N) is 1. The van der Waals surface area contributed by atoms with Crippen LogP contribution >= 0.6 is 35.7 Å². The molecule has 1 aliphatic carbocycles. The fraction of sp³-hybridized carbons (Fsp3) is 0.900. The molecule has 0 heterocycles. The van der Waals surface area contributed by atoms with E-state index in [0.717, 1.165) is 12.8 Å². The molecule has 108 valence electrons. The number of guanidine groups is 1. The van der Waals surface area contributed by atoms with Gasteiger partial charge in [-0.25, -0.2) is 0 Å². The van der Waals surface area contributed by atoms with E-state index in [1.165, 1.54) is 19.3 Å². The molecule has 1 saturated carbocycles. The van der Waals surface area contributed by atoms with E-state index in [1.54, 1.807) is 0 Å². The van der Waals surface area contributed by atoms with Crippen LogP contribution < -0.4 is 11.1 Å². The molecule has 0 unspecified atom stereocenters. The van der Waals surface area contributed by atoms with Gasteiger partial charge in [0, 0.05) is 11.8 Å². The average Bonchev–Trinajstić information content (AvgIpc) is 2.25. The van der Waals surface area contributed by atoms with Crippen molar-refractivity contribution in [3.05, 3.63) is 0 Å². The summed E-state index contributed by atoms with van der Waals surface area (Å²) in [7, 11) is 0. The molecule has 3 nitrogen and oxygen atoms in total. The van der Waals surface area contributed by atoms with Gasteiger partial charge in [-0.2, -0.15) is 13.2 Å². The molecule has 0 aromatic rings. The van der Waals surface area contributed by atoms with Crippen LogP contribution in [-0.4, -0.2) is 29.8 Å². The Balaban J connectivity index is 0.00000289. The molecule has 0 bridgehead atoms. The smallest absolute Gasteiger partial charge is 0.370 e. The lowest BCUT2D eigenvalue weighted by atomic mass is 9.96. The Bertz CT molecular complexity index is 255. The van der Waals surface area contributed by atoms with Crippen molar-refractivity contribution < 1.29 is 13.2 Å². The average molecular weight is 397 g/mol. The highest BCUT2D eigenvalue weighted by atomic mass is 127. The third kappa shape index (κ3) is 9.12. The first kappa shape index (κ1) is 18.1. The predicted molar refractivity (Wildman–Crippen MR) is 80.4 cm³/mol. The summed E-state index contributed by atoms with van der Waals surface area (Å²) in [4.78, 5) is 3.88. The zero-order chi connectivity index (χ0) is 12.7. The molecule has 0 amide bonds. The number of hydrogen-bond donors (Lipinski definition) is 2. The molecular weight excluding hydrogens is 378 g/mol. The molecule has 0 radical (unpaired) electrons. The van der Waals surface area contributed by atoms with Crippen molar-refractivity contribution in [2.24, 2.45) is 10.7 Å². The maximum Gasteiger partial charge on any atom is 0.441 e. The summed E-state index contributed by atoms with van der Waals surface area (Å²) in [6.07, 6.45) is 5.72. The minimum Gasteiger partial charge on any atom is -0.370 e. The Morgan fingerprint density at radius 2 is 1.89 bits per heavy atom. The van der Waals surface area contributed by atoms with Crippen molar-refractivity contribution >= 4 is 41.7 Å². The van der Waals surface area contributed by atoms with Crippen LogP contribution in [0.15, 0.2) is 4.99 Å². The molecule has 0 aromatic heterocycles. The quantitative estimate of drug-likeness (QED) is 0.332. The number of rotatable bonds is 4. The Morgan fingerprint density at radius 1 is 1.28 bits per heavy atom. The monoisotopic (exact) mass is 397 g/mol. The summed E-state index contributed by atoms with van der Waals surface area (Å²) in [5, 5.41) is 3.05. The highest BCUT2D eigenvalue weighted by Gasteiger charge is 2.27. The van der Waals surface area contributed by atoms with E-state index >= 15 is 0 Å². The van der Waals surface area contributed by atoms with Gasteiger partial charge in [0.2, 0.25) is 0 Å². The fourth-order valence-corrected chi connectivity index (χ4v) is 2.24. The fourth-order valence-electron chi connectivity index (χ4n) is 1.83. The molecule has 1 fully saturated rings. The molecule has 0 aromatic carbocycles. The molecular formula is C10H19F3IN3S. The lowest BCUT2D eigenvalue weighted by Gasteiger charge is -2.23. The van der Waals surface area contributed by atoms with Gasteiger partial charge in [0.15, 0.2) is 5.96 Å². The van der Waals surface area contributed by atoms with Gasteiger partial charge in [-0.3, -0.25) is 4.99 Å². The SMILES string of the molecule is I.NC(=NCCSC(F)(F)F)NC1CCCCC1. The van der Waals surface area contributed by atoms with Crippen molar-refractivity contribution in [1.29, 1.82) is 0 Å². The van der Waals surface area contributed by atoms with Gasteiger partial charge in [0.1, 0.15) is 0 Å². The molecule has 0 atom stereocenters. The maximum atomic E-state index is 11.8. The lowest BCUT2D eigenvalue weighted by molar-refractivity contribution is -0.0327. The lowest BCUT2D eigenvalue weighted by Crippen LogP contribution is -2.41. The van der Waals surface area contributed by atoms with Gasteiger partial charge in [-0.1, -0.05) is 19.3 Å². The summed E-state index contributed by atoms with van der Waals surface area (Å²) < 4.78 is 35.5. The maximum absolute atomic E-state index is 11.8. The van der Waals surface area contributed by atoms with Crippen molar-refractivity contribution in [3.63, 3.8) is 0 Å². The standard InChI is InChI=1S/C10H18F3N3S.HI/c11-10(12,13)17-7-6-15-9(14)16-8-4-2-1-3-5-8;/h8H,1-7H2,(H3,14,15,16);1H. The number of nitrogens with two attached hydrogens (primary N) is 1. The Kier molecular flexibility index (Phi) is 9.18. The van der Waals surface area contributed by atoms with Gasteiger partial charge >= 0.3 is 5.51 Å². The van der Waals surface area contributed by atoms with Crippen LogP contribution in [0, 0.1) is 0 Å². The Labute approximate surface area is 127 Å². The molecule has 0 saturated heterocycles. The van der Waals surface area contributed by atoms with Crippen molar-refractivity contribution in [2.75, 3.05) is 12.3 Å². The largest absolute Gasteiger partial charge is 0.441 e. The van der Waals surface area contributed by atoms with E-state index in [0.29, 0.717) is 6.04 Å². The van der Waals surface area contributed by atoms with Crippen LogP contribution in [0.25, 0.3) is 0 Å². The number of aliphatic imine (C=N–C) groups is 1. The van der Waals surface area contributed by atoms with E-state index < -0.39 is 5.51 Å². The van der Waals surface area contributed by atoms with E-state index in [-0.39, 0.29) is 54.0 Å². The van der Waals surface area contributed by atoms with Crippen LogP contribution in [0.5, 0.6) is 0 Å². The summed E-state index contributed by atoms with van der Waals surface area (Å²) in [6, 6.07) is 0.336. The van der Waals surface area contributed by atoms with E-state index in [1.807, 2.05) is 0 Å². The summed E-state index contributed by atoms with van der Waals surface area (Å²) in [6.45, 7) is 0.0930. The first-order chi connectivity index (χ1) is 7.97. The normalized spacial score (nSPS) is 18.3. The third-order valence-corrected chi connectivity index (χ3v) is 3.31. The second kappa shape index (κ2) is 9.11. The van der Waals surface area contributed by atoms with Crippen LogP contribution in [0.3, 0.4) is 0 Å². The van der Waals surface area contributed by atoms with Crippen molar-refractivity contribution in [2.45, 2.75) is 43.7 Å². The third-order valence-electron chi connectivity index (χ3n) is 2.60. The summed E-state index contributed by atoms with van der Waals surface area (Å²) >= 11 is -0.0688. The predicted octanol–water partition coefficient (Wildman–Crippen LogP) is 3.09. The minimum absolute atomic E-state index is 0. The number of nitrogens with one attached hydrogen (secondary N) is 1. The Morgan fingerprint density at radius 3 is 2.44 bits per heavy atom. The first-order valence-corrected chi connectivity index (χ1v) is 6.73. The van der Waals surface area contributed by atoms with Crippen LogP contribution in [0.4, 0.5) is 13.2 Å². The zero-order valence-corrected chi connectivity index (χ0v) is 13.1. The molecule has 8 heteroatoms. The number of alkyl halides is 3. The van der Waals surface area contributed by atoms with E-state index in [4.69, 9.17) is 5.73 Å². The van der Waals surface area contributed by atoms with Gasteiger partial charge < -0.3 is 11.1 Å². The number of hydrogen-bond acceptors (Lipinski definition) is 2. The summed E-state index contributed by atoms with van der Waals surface area (Å²) in [5.41, 5.74) is 1.42. The zero-order valence-electron chi connectivity index (χ0n) is 10.0. The summed E-state index contributed by atoms with van der Waals surface area (Å²) in [5.74, 6) is 0.177. The van der Waals surface area contributed by atoms with Gasteiger partial charge in [0.05, 0.1) is 6.54 Å². The highest BCUT2D eigenvalue weighted by molar-refractivity contribution is 14.0. The van der Waals surface area contributed by atoms with Crippen LogP contribution in [0.2, 0.25) is 0 Å². The number of halogens is 4. The van der Waals surface area contributed by atoms with Gasteiger partial charge in [0.25, 0.3) is 0 Å². The topological polar surface area (TPSA) is 50.4 Å². The van der Waals surface area contributed by atoms with Crippen LogP contribution in [0.1, 0.15) is 32.1 Å².